The third-order valence-corrected chi connectivity index (χ3v) is 5.84. The van der Waals surface area contributed by atoms with Crippen molar-refractivity contribution < 1.29 is 18.8 Å². The zero-order valence-electron chi connectivity index (χ0n) is 18.3. The Kier molecular flexibility index (Phi) is 8.01. The van der Waals surface area contributed by atoms with Gasteiger partial charge in [-0.05, 0) is 27.2 Å². The maximum absolute atomic E-state index is 12.3. The smallest absolute Gasteiger partial charge is 0.315 e. The number of esters is 1. The standard InChI is InChI=1S/C21H36N3O3S/c1-7-8-9-10-14-26-19-18(22-28-23-19)17-12-11-13-24(6,15-17)16(2)27-20(25)21(3,4)5/h12,16H,7-11,13-15H2,1-6H3/q+1/t16-,24?/m1/s1. The maximum Gasteiger partial charge on any atom is 0.315 e. The lowest BCUT2D eigenvalue weighted by Crippen LogP contribution is -2.55. The molecule has 28 heavy (non-hydrogen) atoms. The van der Waals surface area contributed by atoms with Gasteiger partial charge in [-0.1, -0.05) is 32.3 Å². The monoisotopic (exact) mass is 410 g/mol. The summed E-state index contributed by atoms with van der Waals surface area (Å²) in [6, 6.07) is 0. The summed E-state index contributed by atoms with van der Waals surface area (Å²) < 4.78 is 21.2. The van der Waals surface area contributed by atoms with Gasteiger partial charge in [-0.25, -0.2) is 0 Å². The van der Waals surface area contributed by atoms with E-state index in [1.165, 1.54) is 31.0 Å². The van der Waals surface area contributed by atoms with Crippen molar-refractivity contribution in [1.82, 2.24) is 8.75 Å². The van der Waals surface area contributed by atoms with Crippen LogP contribution in [0.2, 0.25) is 0 Å². The highest BCUT2D eigenvalue weighted by atomic mass is 32.1. The van der Waals surface area contributed by atoms with Crippen LogP contribution in [0.1, 0.15) is 72.4 Å². The highest BCUT2D eigenvalue weighted by Crippen LogP contribution is 2.32. The lowest BCUT2D eigenvalue weighted by molar-refractivity contribution is -0.944. The number of hydrogen-bond acceptors (Lipinski definition) is 6. The van der Waals surface area contributed by atoms with E-state index in [0.717, 1.165) is 37.2 Å². The Bertz CT molecular complexity index is 681. The van der Waals surface area contributed by atoms with E-state index in [0.29, 0.717) is 17.0 Å². The highest BCUT2D eigenvalue weighted by Gasteiger charge is 2.38. The van der Waals surface area contributed by atoms with Crippen molar-refractivity contribution in [2.45, 2.75) is 73.0 Å². The van der Waals surface area contributed by atoms with Gasteiger partial charge in [-0.15, -0.1) is 4.37 Å². The van der Waals surface area contributed by atoms with E-state index in [1.807, 2.05) is 27.7 Å². The quantitative estimate of drug-likeness (QED) is 0.336. The largest absolute Gasteiger partial charge is 0.475 e. The number of nitrogens with zero attached hydrogens (tertiary/aromatic N) is 3. The molecule has 1 aliphatic rings. The number of quaternary nitrogens is 1. The molecule has 0 saturated carbocycles. The summed E-state index contributed by atoms with van der Waals surface area (Å²) in [4.78, 5) is 12.3. The third kappa shape index (κ3) is 6.01. The van der Waals surface area contributed by atoms with Crippen LogP contribution in [0.15, 0.2) is 6.08 Å². The minimum atomic E-state index is -0.501. The molecule has 158 valence electrons. The summed E-state index contributed by atoms with van der Waals surface area (Å²) in [5.41, 5.74) is 1.48. The van der Waals surface area contributed by atoms with E-state index in [-0.39, 0.29) is 12.2 Å². The Morgan fingerprint density at radius 1 is 1.29 bits per heavy atom. The van der Waals surface area contributed by atoms with Crippen molar-refractivity contribution in [2.75, 3.05) is 26.7 Å². The van der Waals surface area contributed by atoms with E-state index in [2.05, 4.69) is 28.8 Å². The van der Waals surface area contributed by atoms with Crippen LogP contribution in [0.3, 0.4) is 0 Å². The van der Waals surface area contributed by atoms with E-state index >= 15 is 0 Å². The number of rotatable bonds is 9. The Morgan fingerprint density at radius 3 is 2.71 bits per heavy atom. The summed E-state index contributed by atoms with van der Waals surface area (Å²) in [7, 11) is 2.14. The molecule has 2 heterocycles. The molecule has 0 bridgehead atoms. The maximum atomic E-state index is 12.3. The molecule has 0 saturated heterocycles. The Balaban J connectivity index is 2.02. The minimum Gasteiger partial charge on any atom is -0.475 e. The number of aromatic nitrogens is 2. The molecule has 6 nitrogen and oxygen atoms in total. The molecule has 0 aromatic carbocycles. The average Bonchev–Trinajstić information content (AvgIpc) is 3.09. The van der Waals surface area contributed by atoms with Crippen LogP contribution < -0.4 is 4.74 Å². The first kappa shape index (κ1) is 22.8. The first-order chi connectivity index (χ1) is 13.2. The predicted molar refractivity (Wildman–Crippen MR) is 113 cm³/mol. The van der Waals surface area contributed by atoms with Gasteiger partial charge < -0.3 is 9.47 Å². The van der Waals surface area contributed by atoms with Crippen LogP contribution in [-0.4, -0.2) is 52.2 Å². The van der Waals surface area contributed by atoms with Gasteiger partial charge in [0.2, 0.25) is 6.23 Å². The fourth-order valence-electron chi connectivity index (χ4n) is 3.18. The predicted octanol–water partition coefficient (Wildman–Crippen LogP) is 4.67. The van der Waals surface area contributed by atoms with Gasteiger partial charge in [0, 0.05) is 18.9 Å². The molecule has 1 unspecified atom stereocenters. The van der Waals surface area contributed by atoms with Crippen LogP contribution in [0, 0.1) is 5.41 Å². The molecule has 1 aliphatic heterocycles. The zero-order valence-corrected chi connectivity index (χ0v) is 19.1. The number of carbonyl (C=O) groups is 1. The normalized spacial score (nSPS) is 21.1. The third-order valence-electron chi connectivity index (χ3n) is 5.33. The lowest BCUT2D eigenvalue weighted by Gasteiger charge is -2.41. The second-order valence-corrected chi connectivity index (χ2v) is 9.49. The summed E-state index contributed by atoms with van der Waals surface area (Å²) in [6.07, 6.45) is 7.58. The fraction of sp³-hybridized carbons (Fsp3) is 0.762. The number of likely N-dealkylation sites (N-methyl/N-ethyl adjacent to an activating group) is 1. The molecule has 0 radical (unpaired) electrons. The first-order valence-electron chi connectivity index (χ1n) is 10.4. The van der Waals surface area contributed by atoms with E-state index in [4.69, 9.17) is 9.47 Å². The number of unbranched alkanes of at least 4 members (excludes halogenated alkanes) is 3. The number of ether oxygens (including phenoxy) is 2. The van der Waals surface area contributed by atoms with Crippen molar-refractivity contribution in [2.24, 2.45) is 5.41 Å². The van der Waals surface area contributed by atoms with Crippen LogP contribution in [0.5, 0.6) is 5.88 Å². The summed E-state index contributed by atoms with van der Waals surface area (Å²) in [5.74, 6) is 0.474. The fourth-order valence-corrected chi connectivity index (χ4v) is 3.71. The number of hydrogen-bond donors (Lipinski definition) is 0. The van der Waals surface area contributed by atoms with Crippen molar-refractivity contribution in [3.05, 3.63) is 11.8 Å². The average molecular weight is 411 g/mol. The molecule has 0 amide bonds. The van der Waals surface area contributed by atoms with Gasteiger partial charge in [0.1, 0.15) is 12.2 Å². The topological polar surface area (TPSA) is 61.3 Å². The molecule has 0 spiro atoms. The van der Waals surface area contributed by atoms with Crippen molar-refractivity contribution >= 4 is 23.3 Å². The van der Waals surface area contributed by atoms with Crippen LogP contribution in [-0.2, 0) is 9.53 Å². The molecule has 0 N–H and O–H groups in total. The molecule has 2 atom stereocenters. The van der Waals surface area contributed by atoms with E-state index in [1.54, 1.807) is 0 Å². The van der Waals surface area contributed by atoms with Gasteiger partial charge in [0.15, 0.2) is 0 Å². The first-order valence-corrected chi connectivity index (χ1v) is 11.1. The van der Waals surface area contributed by atoms with Crippen molar-refractivity contribution in [3.8, 4) is 5.88 Å². The molecule has 1 aromatic heterocycles. The molecule has 2 rings (SSSR count). The Morgan fingerprint density at radius 2 is 2.04 bits per heavy atom. The SMILES string of the molecule is CCCCCCOc1nsnc1C1=CCC[N+](C)([C@@H](C)OC(=O)C(C)(C)C)C1. The second kappa shape index (κ2) is 9.83. The minimum absolute atomic E-state index is 0.165. The molecule has 0 aliphatic carbocycles. The van der Waals surface area contributed by atoms with Gasteiger partial charge in [0.25, 0.3) is 5.88 Å². The molecule has 7 heteroatoms. The highest BCUT2D eigenvalue weighted by molar-refractivity contribution is 6.99. The van der Waals surface area contributed by atoms with Crippen LogP contribution in [0.4, 0.5) is 0 Å². The van der Waals surface area contributed by atoms with E-state index < -0.39 is 5.41 Å². The summed E-state index contributed by atoms with van der Waals surface area (Å²) in [5, 5.41) is 0. The van der Waals surface area contributed by atoms with Crippen molar-refractivity contribution in [3.63, 3.8) is 0 Å². The summed E-state index contributed by atoms with van der Waals surface area (Å²) >= 11 is 1.19. The van der Waals surface area contributed by atoms with Gasteiger partial charge in [0.05, 0.1) is 37.3 Å². The van der Waals surface area contributed by atoms with Gasteiger partial charge >= 0.3 is 5.97 Å². The molecular weight excluding hydrogens is 374 g/mol. The lowest BCUT2D eigenvalue weighted by atomic mass is 9.97. The Labute approximate surface area is 173 Å². The van der Waals surface area contributed by atoms with Gasteiger partial charge in [-0.2, -0.15) is 4.37 Å². The van der Waals surface area contributed by atoms with Crippen LogP contribution in [0.25, 0.3) is 5.57 Å². The van der Waals surface area contributed by atoms with Gasteiger partial charge in [-0.3, -0.25) is 9.28 Å². The molecular formula is C21H36N3O3S+. The zero-order chi connectivity index (χ0) is 20.8. The second-order valence-electron chi connectivity index (χ2n) is 8.96. The summed E-state index contributed by atoms with van der Waals surface area (Å²) in [6.45, 7) is 12.2. The Hall–Kier alpha value is -1.47. The molecule has 0 fully saturated rings. The van der Waals surface area contributed by atoms with Crippen molar-refractivity contribution in [1.29, 1.82) is 0 Å². The number of carbonyl (C=O) groups excluding carboxylic acids is 1. The molecule has 1 aromatic rings. The van der Waals surface area contributed by atoms with Crippen LogP contribution >= 0.6 is 11.7 Å². The van der Waals surface area contributed by atoms with E-state index in [9.17, 15) is 4.79 Å².